The summed E-state index contributed by atoms with van der Waals surface area (Å²) in [5.41, 5.74) is 1.01. The summed E-state index contributed by atoms with van der Waals surface area (Å²) in [6.07, 6.45) is 0.609. The summed E-state index contributed by atoms with van der Waals surface area (Å²) in [7, 11) is 1.60. The Balaban J connectivity index is 0.00000256. The molecule has 0 heterocycles. The van der Waals surface area contributed by atoms with Crippen LogP contribution in [0.1, 0.15) is 5.56 Å². The van der Waals surface area contributed by atoms with Crippen molar-refractivity contribution in [2.75, 3.05) is 7.05 Å². The molecule has 0 spiro atoms. The fourth-order valence-corrected chi connectivity index (χ4v) is 2.21. The van der Waals surface area contributed by atoms with Gasteiger partial charge in [-0.25, -0.2) is 0 Å². The van der Waals surface area contributed by atoms with Crippen LogP contribution in [0.2, 0.25) is 4.71 Å². The first-order valence-corrected chi connectivity index (χ1v) is 6.15. The van der Waals surface area contributed by atoms with Gasteiger partial charge in [0.25, 0.3) is 0 Å². The van der Waals surface area contributed by atoms with Gasteiger partial charge in [0.15, 0.2) is 0 Å². The molecule has 1 aromatic carbocycles. The van der Waals surface area contributed by atoms with E-state index in [-0.39, 0.29) is 28.7 Å². The van der Waals surface area contributed by atoms with E-state index in [0.717, 1.165) is 5.56 Å². The fraction of sp³-hybridized carbons (Fsp3) is 0.300. The predicted molar refractivity (Wildman–Crippen MR) is 70.4 cm³/mol. The van der Waals surface area contributed by atoms with Crippen LogP contribution >= 0.6 is 12.4 Å². The van der Waals surface area contributed by atoms with Gasteiger partial charge in [0, 0.05) is 0 Å². The molecule has 2 unspecified atom stereocenters. The SMILES string of the molecule is CNC(=O)C([AsH2])Cc1ccc([N+](=O)[O-])cc1.Cl. The molecular formula is C10H14AsClN2O3. The minimum absolute atomic E-state index is 0. The molecule has 0 aliphatic heterocycles. The number of nitrogens with zero attached hydrogens (tertiary/aromatic N) is 1. The number of benzene rings is 1. The molecule has 1 rings (SSSR count). The van der Waals surface area contributed by atoms with Crippen LogP contribution in [0.3, 0.4) is 0 Å². The number of rotatable bonds is 4. The fourth-order valence-electron chi connectivity index (χ4n) is 1.29. The second-order valence-corrected chi connectivity index (χ2v) is 5.04. The molecule has 0 aromatic heterocycles. The standard InChI is InChI=1S/C10H13AsN2O3.ClH/c1-12-10(14)9(11)6-7-2-4-8(5-3-7)13(15)16;/h2-5,9H,6,11H2,1H3,(H,12,14);1H. The van der Waals surface area contributed by atoms with Crippen LogP contribution in [-0.2, 0) is 11.2 Å². The Bertz CT molecular complexity index is 397. The number of hydrogen-bond donors (Lipinski definition) is 1. The van der Waals surface area contributed by atoms with E-state index >= 15 is 0 Å². The number of carbonyl (C=O) groups excluding carboxylic acids is 1. The molecule has 0 fully saturated rings. The van der Waals surface area contributed by atoms with E-state index in [2.05, 4.69) is 5.32 Å². The molecule has 0 aliphatic carbocycles. The summed E-state index contributed by atoms with van der Waals surface area (Å²) in [4.78, 5) is 21.3. The number of nitrogens with one attached hydrogen (secondary N) is 1. The molecule has 1 amide bonds. The van der Waals surface area contributed by atoms with Crippen molar-refractivity contribution in [3.63, 3.8) is 0 Å². The molecule has 17 heavy (non-hydrogen) atoms. The van der Waals surface area contributed by atoms with Gasteiger partial charge in [-0.05, 0) is 0 Å². The first-order chi connectivity index (χ1) is 7.54. The Hall–Kier alpha value is -1.06. The van der Waals surface area contributed by atoms with Crippen molar-refractivity contribution in [2.24, 2.45) is 0 Å². The van der Waals surface area contributed by atoms with Crippen LogP contribution in [0.5, 0.6) is 0 Å². The monoisotopic (exact) mass is 320 g/mol. The van der Waals surface area contributed by atoms with Crippen molar-refractivity contribution >= 4 is 40.9 Å². The molecule has 7 heteroatoms. The molecule has 0 bridgehead atoms. The smallest absolute Gasteiger partial charge is 0.147 e. The maximum Gasteiger partial charge on any atom is -0.147 e. The molecule has 2 atom stereocenters. The van der Waals surface area contributed by atoms with Crippen LogP contribution in [0, 0.1) is 10.1 Å². The summed E-state index contributed by atoms with van der Waals surface area (Å²) in [5, 5.41) is 13.0. The minimum atomic E-state index is -0.435. The Morgan fingerprint density at radius 3 is 2.41 bits per heavy atom. The Labute approximate surface area is 114 Å². The van der Waals surface area contributed by atoms with Gasteiger partial charge in [0.1, 0.15) is 0 Å². The average Bonchev–Trinajstić information content (AvgIpc) is 2.28. The molecular weight excluding hydrogens is 306 g/mol. The normalized spacial score (nSPS) is 11.2. The summed E-state index contributed by atoms with van der Waals surface area (Å²) in [5.74, 6) is -0.00153. The number of halogens is 1. The second-order valence-electron chi connectivity index (χ2n) is 3.35. The van der Waals surface area contributed by atoms with Crippen LogP contribution in [0.15, 0.2) is 24.3 Å². The average molecular weight is 321 g/mol. The number of carbonyl (C=O) groups is 1. The summed E-state index contributed by atoms with van der Waals surface area (Å²) >= 11 is 1.35. The van der Waals surface area contributed by atoms with Gasteiger partial charge in [-0.2, -0.15) is 0 Å². The zero-order valence-corrected chi connectivity index (χ0v) is 12.5. The van der Waals surface area contributed by atoms with Crippen molar-refractivity contribution in [3.8, 4) is 0 Å². The molecule has 5 nitrogen and oxygen atoms in total. The number of nitro groups is 1. The summed E-state index contributed by atoms with van der Waals surface area (Å²) < 4.78 is -0.0704. The Kier molecular flexibility index (Phi) is 6.84. The maximum absolute atomic E-state index is 11.3. The predicted octanol–water partition coefficient (Wildman–Crippen LogP) is 0.727. The van der Waals surface area contributed by atoms with Crippen molar-refractivity contribution in [1.29, 1.82) is 0 Å². The summed E-state index contributed by atoms with van der Waals surface area (Å²) in [6.45, 7) is 0. The van der Waals surface area contributed by atoms with Gasteiger partial charge in [0.05, 0.1) is 0 Å². The van der Waals surface area contributed by atoms with E-state index in [1.54, 1.807) is 19.2 Å². The van der Waals surface area contributed by atoms with Gasteiger partial charge in [0.2, 0.25) is 0 Å². The number of nitro benzene ring substituents is 1. The topological polar surface area (TPSA) is 72.2 Å². The van der Waals surface area contributed by atoms with Crippen LogP contribution in [-0.4, -0.2) is 34.7 Å². The first-order valence-electron chi connectivity index (χ1n) is 4.75. The maximum atomic E-state index is 11.3. The van der Waals surface area contributed by atoms with Gasteiger partial charge >= 0.3 is 102 Å². The number of hydrogen-bond acceptors (Lipinski definition) is 3. The molecule has 1 N–H and O–H groups in total. The molecule has 94 valence electrons. The van der Waals surface area contributed by atoms with E-state index in [0.29, 0.717) is 6.42 Å². The zero-order chi connectivity index (χ0) is 12.1. The van der Waals surface area contributed by atoms with E-state index in [1.807, 2.05) is 0 Å². The van der Waals surface area contributed by atoms with Crippen molar-refractivity contribution < 1.29 is 9.72 Å². The molecule has 0 radical (unpaired) electrons. The third-order valence-electron chi connectivity index (χ3n) is 2.19. The van der Waals surface area contributed by atoms with E-state index in [9.17, 15) is 14.9 Å². The van der Waals surface area contributed by atoms with Crippen LogP contribution in [0.4, 0.5) is 5.69 Å². The van der Waals surface area contributed by atoms with Crippen LogP contribution in [0.25, 0.3) is 0 Å². The Morgan fingerprint density at radius 2 is 2.00 bits per heavy atom. The van der Waals surface area contributed by atoms with Crippen molar-refractivity contribution in [1.82, 2.24) is 5.32 Å². The quantitative estimate of drug-likeness (QED) is 0.505. The largest absolute Gasteiger partial charge is 0.147 e. The van der Waals surface area contributed by atoms with Gasteiger partial charge in [-0.15, -0.1) is 12.4 Å². The van der Waals surface area contributed by atoms with Gasteiger partial charge in [-0.3, -0.25) is 0 Å². The van der Waals surface area contributed by atoms with E-state index in [1.165, 1.54) is 29.0 Å². The first kappa shape index (κ1) is 15.9. The van der Waals surface area contributed by atoms with E-state index in [4.69, 9.17) is 0 Å². The molecule has 0 aliphatic rings. The Morgan fingerprint density at radius 1 is 1.47 bits per heavy atom. The molecule has 1 aromatic rings. The van der Waals surface area contributed by atoms with Crippen LogP contribution < -0.4 is 5.32 Å². The third kappa shape index (κ3) is 4.75. The van der Waals surface area contributed by atoms with Crippen molar-refractivity contribution in [3.05, 3.63) is 39.9 Å². The van der Waals surface area contributed by atoms with Gasteiger partial charge < -0.3 is 0 Å². The number of non-ortho nitro benzene ring substituents is 1. The molecule has 0 saturated heterocycles. The second kappa shape index (κ2) is 7.30. The van der Waals surface area contributed by atoms with Crippen molar-refractivity contribution in [2.45, 2.75) is 11.1 Å². The van der Waals surface area contributed by atoms with Gasteiger partial charge in [-0.1, -0.05) is 0 Å². The molecule has 0 saturated carbocycles. The summed E-state index contributed by atoms with van der Waals surface area (Å²) in [6, 6.07) is 6.29. The zero-order valence-electron chi connectivity index (χ0n) is 9.25. The number of amides is 1. The third-order valence-corrected chi connectivity index (χ3v) is 3.32. The van der Waals surface area contributed by atoms with E-state index < -0.39 is 4.92 Å². The minimum Gasteiger partial charge on any atom is -0.147 e.